The lowest BCUT2D eigenvalue weighted by Crippen LogP contribution is -2.29. The summed E-state index contributed by atoms with van der Waals surface area (Å²) < 4.78 is 0. The number of carbonyl (C=O) groups is 2. The summed E-state index contributed by atoms with van der Waals surface area (Å²) in [6.07, 6.45) is 2.84. The summed E-state index contributed by atoms with van der Waals surface area (Å²) in [7, 11) is 0. The number of carbonyl (C=O) groups excluding carboxylic acids is 2. The summed E-state index contributed by atoms with van der Waals surface area (Å²) in [5.41, 5.74) is 2.68. The number of nitrogens with one attached hydrogen (secondary N) is 2. The highest BCUT2D eigenvalue weighted by Crippen LogP contribution is 2.31. The third kappa shape index (κ3) is 5.73. The van der Waals surface area contributed by atoms with Gasteiger partial charge in [0.2, 0.25) is 11.8 Å². The van der Waals surface area contributed by atoms with Crippen molar-refractivity contribution in [3.63, 3.8) is 0 Å². The first kappa shape index (κ1) is 19.2. The summed E-state index contributed by atoms with van der Waals surface area (Å²) in [6, 6.07) is 15.1. The Balaban J connectivity index is 1.49. The molecule has 0 bridgehead atoms. The molecule has 1 saturated heterocycles. The second-order valence-corrected chi connectivity index (χ2v) is 7.10. The molecule has 6 heteroatoms. The van der Waals surface area contributed by atoms with Gasteiger partial charge >= 0.3 is 0 Å². The van der Waals surface area contributed by atoms with Crippen molar-refractivity contribution >= 4 is 34.8 Å². The largest absolute Gasteiger partial charge is 0.370 e. The minimum absolute atomic E-state index is 0.0884. The van der Waals surface area contributed by atoms with Crippen LogP contribution >= 0.6 is 11.6 Å². The average Bonchev–Trinajstić information content (AvgIpc) is 3.17. The van der Waals surface area contributed by atoms with E-state index in [0.717, 1.165) is 42.9 Å². The fourth-order valence-corrected chi connectivity index (χ4v) is 3.39. The van der Waals surface area contributed by atoms with E-state index < -0.39 is 0 Å². The van der Waals surface area contributed by atoms with Crippen LogP contribution in [0.25, 0.3) is 0 Å². The number of rotatable bonds is 7. The van der Waals surface area contributed by atoms with Gasteiger partial charge in [-0.25, -0.2) is 0 Å². The molecule has 0 saturated carbocycles. The number of anilines is 2. The summed E-state index contributed by atoms with van der Waals surface area (Å²) in [5, 5.41) is 6.32. The number of hydrogen-bond donors (Lipinski definition) is 2. The highest BCUT2D eigenvalue weighted by atomic mass is 35.5. The monoisotopic (exact) mass is 385 g/mol. The van der Waals surface area contributed by atoms with Crippen LogP contribution in [0.15, 0.2) is 48.5 Å². The van der Waals surface area contributed by atoms with Gasteiger partial charge in [0.15, 0.2) is 0 Å². The Morgan fingerprint density at radius 3 is 2.48 bits per heavy atom. The van der Waals surface area contributed by atoms with E-state index in [4.69, 9.17) is 11.6 Å². The minimum Gasteiger partial charge on any atom is -0.370 e. The van der Waals surface area contributed by atoms with Crippen LogP contribution in [0.5, 0.6) is 0 Å². The highest BCUT2D eigenvalue weighted by molar-refractivity contribution is 6.31. The third-order valence-electron chi connectivity index (χ3n) is 4.56. The molecule has 1 aliphatic heterocycles. The molecule has 0 radical (unpaired) electrons. The fourth-order valence-electron chi connectivity index (χ4n) is 3.21. The Labute approximate surface area is 164 Å². The van der Waals surface area contributed by atoms with Crippen molar-refractivity contribution in [1.29, 1.82) is 0 Å². The number of amides is 2. The van der Waals surface area contributed by atoms with Crippen LogP contribution < -0.4 is 15.5 Å². The molecule has 0 aromatic heterocycles. The number of halogens is 1. The van der Waals surface area contributed by atoms with Crippen molar-refractivity contribution in [2.75, 3.05) is 29.9 Å². The van der Waals surface area contributed by atoms with E-state index in [1.807, 2.05) is 42.5 Å². The molecule has 0 unspecified atom stereocenters. The Kier molecular flexibility index (Phi) is 6.71. The second kappa shape index (κ2) is 9.42. The van der Waals surface area contributed by atoms with E-state index in [9.17, 15) is 9.59 Å². The van der Waals surface area contributed by atoms with Crippen molar-refractivity contribution in [1.82, 2.24) is 5.32 Å². The smallest absolute Gasteiger partial charge is 0.226 e. The molecule has 2 aromatic carbocycles. The Bertz CT molecular complexity index is 789. The summed E-state index contributed by atoms with van der Waals surface area (Å²) in [6.45, 7) is 2.28. The maximum absolute atomic E-state index is 12.3. The van der Waals surface area contributed by atoms with Gasteiger partial charge in [-0.1, -0.05) is 41.9 Å². The van der Waals surface area contributed by atoms with Crippen LogP contribution in [0.1, 0.15) is 24.8 Å². The van der Waals surface area contributed by atoms with Crippen LogP contribution in [-0.2, 0) is 16.0 Å². The predicted octanol–water partition coefficient (Wildman–Crippen LogP) is 3.63. The van der Waals surface area contributed by atoms with Gasteiger partial charge in [0, 0.05) is 31.1 Å². The van der Waals surface area contributed by atoms with E-state index >= 15 is 0 Å². The highest BCUT2D eigenvalue weighted by Gasteiger charge is 2.17. The molecule has 2 aromatic rings. The lowest BCUT2D eigenvalue weighted by Gasteiger charge is -2.22. The van der Waals surface area contributed by atoms with Crippen molar-refractivity contribution in [3.05, 3.63) is 59.1 Å². The zero-order valence-corrected chi connectivity index (χ0v) is 16.0. The maximum Gasteiger partial charge on any atom is 0.226 e. The fraction of sp³-hybridized carbons (Fsp3) is 0.333. The third-order valence-corrected chi connectivity index (χ3v) is 4.80. The van der Waals surface area contributed by atoms with E-state index in [2.05, 4.69) is 15.5 Å². The van der Waals surface area contributed by atoms with Gasteiger partial charge in [0.05, 0.1) is 17.8 Å². The van der Waals surface area contributed by atoms with Gasteiger partial charge in [-0.2, -0.15) is 0 Å². The van der Waals surface area contributed by atoms with E-state index in [-0.39, 0.29) is 18.2 Å². The van der Waals surface area contributed by atoms with E-state index in [1.165, 1.54) is 0 Å². The molecule has 1 heterocycles. The first-order chi connectivity index (χ1) is 13.1. The van der Waals surface area contributed by atoms with Gasteiger partial charge in [-0.3, -0.25) is 9.59 Å². The van der Waals surface area contributed by atoms with Crippen molar-refractivity contribution < 1.29 is 9.59 Å². The molecule has 27 heavy (non-hydrogen) atoms. The molecule has 1 fully saturated rings. The summed E-state index contributed by atoms with van der Waals surface area (Å²) in [5.74, 6) is -0.229. The molecule has 5 nitrogen and oxygen atoms in total. The molecule has 142 valence electrons. The Hall–Kier alpha value is -2.53. The van der Waals surface area contributed by atoms with Gasteiger partial charge < -0.3 is 15.5 Å². The van der Waals surface area contributed by atoms with Gasteiger partial charge in [-0.05, 0) is 36.6 Å². The first-order valence-corrected chi connectivity index (χ1v) is 9.64. The van der Waals surface area contributed by atoms with Crippen LogP contribution in [-0.4, -0.2) is 31.4 Å². The van der Waals surface area contributed by atoms with Crippen LogP contribution in [0.4, 0.5) is 11.4 Å². The SMILES string of the molecule is O=C(Cc1ccccc1)NCCC(=O)Nc1cc(Cl)ccc1N1CCCC1. The van der Waals surface area contributed by atoms with Crippen LogP contribution in [0.3, 0.4) is 0 Å². The molecular formula is C21H24ClN3O2. The number of nitrogens with zero attached hydrogens (tertiary/aromatic N) is 1. The van der Waals surface area contributed by atoms with Crippen LogP contribution in [0.2, 0.25) is 5.02 Å². The molecule has 2 amide bonds. The molecule has 1 aliphatic rings. The van der Waals surface area contributed by atoms with Gasteiger partial charge in [-0.15, -0.1) is 0 Å². The Morgan fingerprint density at radius 1 is 1.00 bits per heavy atom. The topological polar surface area (TPSA) is 61.4 Å². The quantitative estimate of drug-likeness (QED) is 0.765. The predicted molar refractivity (Wildman–Crippen MR) is 109 cm³/mol. The lowest BCUT2D eigenvalue weighted by molar-refractivity contribution is -0.120. The standard InChI is InChI=1S/C21H24ClN3O2/c22-17-8-9-19(25-12-4-5-13-25)18(15-17)24-20(26)10-11-23-21(27)14-16-6-2-1-3-7-16/h1-3,6-9,15H,4-5,10-14H2,(H,23,27)(H,24,26). The van der Waals surface area contributed by atoms with Gasteiger partial charge in [0.1, 0.15) is 0 Å². The normalized spacial score (nSPS) is 13.4. The van der Waals surface area contributed by atoms with Crippen molar-refractivity contribution in [3.8, 4) is 0 Å². The van der Waals surface area contributed by atoms with Crippen LogP contribution in [0, 0.1) is 0 Å². The van der Waals surface area contributed by atoms with Crippen molar-refractivity contribution in [2.45, 2.75) is 25.7 Å². The van der Waals surface area contributed by atoms with Gasteiger partial charge in [0.25, 0.3) is 0 Å². The number of benzene rings is 2. The second-order valence-electron chi connectivity index (χ2n) is 6.67. The molecule has 0 spiro atoms. The first-order valence-electron chi connectivity index (χ1n) is 9.27. The maximum atomic E-state index is 12.3. The molecule has 0 atom stereocenters. The molecule has 2 N–H and O–H groups in total. The zero-order chi connectivity index (χ0) is 19.1. The molecule has 0 aliphatic carbocycles. The summed E-state index contributed by atoms with van der Waals surface area (Å²) in [4.78, 5) is 26.5. The Morgan fingerprint density at radius 2 is 1.74 bits per heavy atom. The average molecular weight is 386 g/mol. The number of hydrogen-bond acceptors (Lipinski definition) is 3. The van der Waals surface area contributed by atoms with Crippen molar-refractivity contribution in [2.24, 2.45) is 0 Å². The summed E-state index contributed by atoms with van der Waals surface area (Å²) >= 11 is 6.10. The molecular weight excluding hydrogens is 362 g/mol. The zero-order valence-electron chi connectivity index (χ0n) is 15.2. The lowest BCUT2D eigenvalue weighted by atomic mass is 10.1. The van der Waals surface area contributed by atoms with E-state index in [0.29, 0.717) is 18.0 Å². The molecule has 3 rings (SSSR count). The van der Waals surface area contributed by atoms with E-state index in [1.54, 1.807) is 6.07 Å². The minimum atomic E-state index is -0.141.